The second kappa shape index (κ2) is 7.78. The van der Waals surface area contributed by atoms with Crippen LogP contribution in [0.4, 0.5) is 5.88 Å². The van der Waals surface area contributed by atoms with Gasteiger partial charge in [-0.05, 0) is 42.1 Å². The summed E-state index contributed by atoms with van der Waals surface area (Å²) in [7, 11) is 3.16. The molecular weight excluding hydrogens is 314 g/mol. The third kappa shape index (κ3) is 4.02. The van der Waals surface area contributed by atoms with Crippen molar-refractivity contribution in [3.63, 3.8) is 0 Å². The van der Waals surface area contributed by atoms with Gasteiger partial charge in [-0.2, -0.15) is 0 Å². The Kier molecular flexibility index (Phi) is 5.75. The van der Waals surface area contributed by atoms with Crippen LogP contribution in [0.1, 0.15) is 31.2 Å². The molecule has 8 nitrogen and oxygen atoms in total. The number of rotatable bonds is 7. The number of aliphatic hydroxyl groups excluding tert-OH is 1. The van der Waals surface area contributed by atoms with E-state index >= 15 is 0 Å². The lowest BCUT2D eigenvalue weighted by Gasteiger charge is -2.08. The molecule has 24 heavy (non-hydrogen) atoms. The van der Waals surface area contributed by atoms with Crippen LogP contribution >= 0.6 is 0 Å². The van der Waals surface area contributed by atoms with E-state index in [1.807, 2.05) is 18.2 Å². The summed E-state index contributed by atoms with van der Waals surface area (Å²) in [5.74, 6) is 0.913. The van der Waals surface area contributed by atoms with Crippen LogP contribution in [0.5, 0.6) is 11.5 Å². The van der Waals surface area contributed by atoms with Crippen LogP contribution in [0.15, 0.2) is 27.7 Å². The van der Waals surface area contributed by atoms with Gasteiger partial charge in [0.05, 0.1) is 14.2 Å². The van der Waals surface area contributed by atoms with Crippen molar-refractivity contribution in [2.75, 3.05) is 14.2 Å². The number of nitrogens with zero attached hydrogens (tertiary/aromatic N) is 3. The van der Waals surface area contributed by atoms with E-state index in [1.54, 1.807) is 21.1 Å². The van der Waals surface area contributed by atoms with E-state index in [-0.39, 0.29) is 5.88 Å². The number of aliphatic hydroxyl groups is 1. The van der Waals surface area contributed by atoms with E-state index in [1.165, 1.54) is 11.6 Å². The lowest BCUT2D eigenvalue weighted by Crippen LogP contribution is -2.41. The van der Waals surface area contributed by atoms with E-state index < -0.39 is 12.0 Å². The first-order valence-corrected chi connectivity index (χ1v) is 7.47. The summed E-state index contributed by atoms with van der Waals surface area (Å²) in [5.41, 5.74) is 1.37. The summed E-state index contributed by atoms with van der Waals surface area (Å²) < 4.78 is 17.1. The number of aryl methyl sites for hydroxylation is 2. The third-order valence-electron chi connectivity index (χ3n) is 3.44. The summed E-state index contributed by atoms with van der Waals surface area (Å²) in [6.45, 7) is 3.33. The Morgan fingerprint density at radius 3 is 2.67 bits per heavy atom. The largest absolute Gasteiger partial charge is 0.862 e. The van der Waals surface area contributed by atoms with Crippen molar-refractivity contribution in [1.82, 2.24) is 5.27 Å². The number of ether oxygens (including phenoxy) is 2. The van der Waals surface area contributed by atoms with Gasteiger partial charge in [-0.1, -0.05) is 6.07 Å². The van der Waals surface area contributed by atoms with Crippen molar-refractivity contribution in [2.45, 2.75) is 32.9 Å². The molecular formula is C16H21N3O5. The van der Waals surface area contributed by atoms with Gasteiger partial charge in [0.1, 0.15) is 6.10 Å². The lowest BCUT2D eigenvalue weighted by molar-refractivity contribution is -0.770. The standard InChI is InChI=1S/C16H21N3O5/c1-10(20)15-16(17-11(2)21)24-18-19(15)8-7-12-5-6-13(22-3)14(9-12)23-4/h5-6,9-10,20H,7-8H2,1-4H3. The number of benzene rings is 1. The minimum absolute atomic E-state index is 0.0322. The van der Waals surface area contributed by atoms with Gasteiger partial charge in [-0.3, -0.25) is 4.52 Å². The van der Waals surface area contributed by atoms with E-state index in [0.717, 1.165) is 5.56 Å². The number of aliphatic imine (C=N–C) groups is 1. The van der Waals surface area contributed by atoms with Crippen LogP contribution in [0.25, 0.3) is 0 Å². The summed E-state index contributed by atoms with van der Waals surface area (Å²) in [6, 6.07) is 5.63. The Balaban J connectivity index is 2.20. The number of hydrogen-bond acceptors (Lipinski definition) is 7. The maximum absolute atomic E-state index is 11.1. The van der Waals surface area contributed by atoms with Crippen molar-refractivity contribution in [3.8, 4) is 11.5 Å². The maximum atomic E-state index is 11.1. The Morgan fingerprint density at radius 2 is 2.08 bits per heavy atom. The molecule has 0 radical (unpaired) electrons. The van der Waals surface area contributed by atoms with Gasteiger partial charge in [0.2, 0.25) is 5.27 Å². The molecule has 0 saturated carbocycles. The molecule has 1 aromatic heterocycles. The Bertz CT molecular complexity index is 720. The molecule has 2 rings (SSSR count). The van der Waals surface area contributed by atoms with Crippen molar-refractivity contribution in [3.05, 3.63) is 29.5 Å². The topological polar surface area (TPSA) is 104 Å². The average Bonchev–Trinajstić information content (AvgIpc) is 2.94. The quantitative estimate of drug-likeness (QED) is 0.453. The van der Waals surface area contributed by atoms with Crippen LogP contribution in [0.2, 0.25) is 0 Å². The molecule has 8 heteroatoms. The van der Waals surface area contributed by atoms with Gasteiger partial charge in [0, 0.05) is 6.42 Å². The highest BCUT2D eigenvalue weighted by molar-refractivity contribution is 5.71. The minimum atomic E-state index is -0.861. The maximum Gasteiger partial charge on any atom is 0.326 e. The summed E-state index contributed by atoms with van der Waals surface area (Å²) >= 11 is 0. The average molecular weight is 335 g/mol. The summed E-state index contributed by atoms with van der Waals surface area (Å²) in [4.78, 5) is 3.72. The van der Waals surface area contributed by atoms with E-state index in [2.05, 4.69) is 10.3 Å². The van der Waals surface area contributed by atoms with Crippen LogP contribution in [-0.2, 0) is 13.0 Å². The van der Waals surface area contributed by atoms with Crippen LogP contribution < -0.4 is 19.3 Å². The molecule has 0 fully saturated rings. The Labute approximate surface area is 139 Å². The van der Waals surface area contributed by atoms with Crippen molar-refractivity contribution >= 4 is 11.8 Å². The highest BCUT2D eigenvalue weighted by Gasteiger charge is 2.28. The first-order valence-electron chi connectivity index (χ1n) is 7.47. The molecule has 1 heterocycles. The SMILES string of the molecule is COc1ccc(CC[n+]2noc(/N=C(/C)[O-])c2C(C)O)cc1OC. The van der Waals surface area contributed by atoms with Crippen molar-refractivity contribution in [2.24, 2.45) is 4.99 Å². The third-order valence-corrected chi connectivity index (χ3v) is 3.44. The molecule has 1 unspecified atom stereocenters. The van der Waals surface area contributed by atoms with E-state index in [9.17, 15) is 10.2 Å². The fourth-order valence-electron chi connectivity index (χ4n) is 2.34. The second-order valence-electron chi connectivity index (χ2n) is 5.23. The lowest BCUT2D eigenvalue weighted by atomic mass is 10.1. The fourth-order valence-corrected chi connectivity index (χ4v) is 2.34. The van der Waals surface area contributed by atoms with E-state index in [0.29, 0.717) is 30.2 Å². The van der Waals surface area contributed by atoms with Crippen molar-refractivity contribution < 1.29 is 28.9 Å². The zero-order chi connectivity index (χ0) is 17.7. The summed E-state index contributed by atoms with van der Waals surface area (Å²) in [6.07, 6.45) is -0.240. The predicted molar refractivity (Wildman–Crippen MR) is 83.4 cm³/mol. The van der Waals surface area contributed by atoms with E-state index in [4.69, 9.17) is 14.0 Å². The van der Waals surface area contributed by atoms with Gasteiger partial charge in [-0.25, -0.2) is 4.99 Å². The smallest absolute Gasteiger partial charge is 0.326 e. The minimum Gasteiger partial charge on any atom is -0.862 e. The zero-order valence-electron chi connectivity index (χ0n) is 14.1. The summed E-state index contributed by atoms with van der Waals surface area (Å²) in [5, 5.41) is 24.9. The molecule has 0 aliphatic carbocycles. The van der Waals surface area contributed by atoms with Gasteiger partial charge in [-0.15, -0.1) is 0 Å². The van der Waals surface area contributed by atoms with Gasteiger partial charge < -0.3 is 19.7 Å². The molecule has 0 saturated heterocycles. The first-order chi connectivity index (χ1) is 11.5. The fraction of sp³-hybridized carbons (Fsp3) is 0.438. The number of methoxy groups -OCH3 is 2. The molecule has 0 aliphatic heterocycles. The van der Waals surface area contributed by atoms with Crippen LogP contribution in [0, 0.1) is 0 Å². The van der Waals surface area contributed by atoms with Gasteiger partial charge in [0.25, 0.3) is 0 Å². The van der Waals surface area contributed by atoms with Crippen molar-refractivity contribution in [1.29, 1.82) is 0 Å². The molecule has 1 atom stereocenters. The van der Waals surface area contributed by atoms with Gasteiger partial charge in [0.15, 0.2) is 18.0 Å². The predicted octanol–water partition coefficient (Wildman–Crippen LogP) is 0.685. The first kappa shape index (κ1) is 17.7. The van der Waals surface area contributed by atoms with Gasteiger partial charge >= 0.3 is 11.6 Å². The molecule has 0 spiro atoms. The Morgan fingerprint density at radius 1 is 1.38 bits per heavy atom. The van der Waals surface area contributed by atoms with Crippen LogP contribution in [-0.4, -0.2) is 30.5 Å². The normalized spacial score (nSPS) is 13.0. The zero-order valence-corrected chi connectivity index (χ0v) is 14.1. The molecule has 0 bridgehead atoms. The molecule has 2 aromatic rings. The molecule has 130 valence electrons. The molecule has 0 amide bonds. The highest BCUT2D eigenvalue weighted by atomic mass is 16.5. The molecule has 1 N–H and O–H groups in total. The Hall–Kier alpha value is -2.61. The monoisotopic (exact) mass is 335 g/mol. The molecule has 1 aromatic carbocycles. The number of hydrogen-bond donors (Lipinski definition) is 1. The highest BCUT2D eigenvalue weighted by Crippen LogP contribution is 2.28. The second-order valence-corrected chi connectivity index (χ2v) is 5.23. The van der Waals surface area contributed by atoms with Crippen LogP contribution in [0.3, 0.4) is 0 Å². The number of aromatic nitrogens is 2. The molecule has 0 aliphatic rings.